The molecular formula is C9H5Cl2NO. The zero-order chi connectivity index (χ0) is 9.42. The summed E-state index contributed by atoms with van der Waals surface area (Å²) in [6.45, 7) is 0. The molecule has 1 heterocycles. The molecule has 2 rings (SSSR count). The van der Waals surface area contributed by atoms with E-state index in [9.17, 15) is 4.79 Å². The SMILES string of the molecule is O=C(Cl)c1c[nH]c2cc(Cl)ccc12. The van der Waals surface area contributed by atoms with E-state index in [2.05, 4.69) is 4.98 Å². The Labute approximate surface area is 84.5 Å². The number of carbonyl (C=O) groups excluding carboxylic acids is 1. The highest BCUT2D eigenvalue weighted by molar-refractivity contribution is 6.68. The van der Waals surface area contributed by atoms with Gasteiger partial charge in [0.05, 0.1) is 5.56 Å². The lowest BCUT2D eigenvalue weighted by molar-refractivity contribution is 0.108. The average molecular weight is 214 g/mol. The number of nitrogens with one attached hydrogen (secondary N) is 1. The molecule has 0 amide bonds. The number of carbonyl (C=O) groups is 1. The van der Waals surface area contributed by atoms with Crippen LogP contribution in [0.3, 0.4) is 0 Å². The topological polar surface area (TPSA) is 32.9 Å². The van der Waals surface area contributed by atoms with E-state index in [4.69, 9.17) is 23.2 Å². The van der Waals surface area contributed by atoms with Crippen molar-refractivity contribution in [1.82, 2.24) is 4.98 Å². The second-order valence-electron chi connectivity index (χ2n) is 2.67. The van der Waals surface area contributed by atoms with Gasteiger partial charge in [-0.05, 0) is 23.7 Å². The first-order valence-electron chi connectivity index (χ1n) is 3.65. The first-order chi connectivity index (χ1) is 6.18. The van der Waals surface area contributed by atoms with Crippen molar-refractivity contribution in [3.8, 4) is 0 Å². The summed E-state index contributed by atoms with van der Waals surface area (Å²) in [4.78, 5) is 13.8. The minimum atomic E-state index is -0.464. The minimum Gasteiger partial charge on any atom is -0.360 e. The van der Waals surface area contributed by atoms with Gasteiger partial charge in [-0.1, -0.05) is 17.7 Å². The molecule has 2 nitrogen and oxygen atoms in total. The van der Waals surface area contributed by atoms with E-state index in [1.807, 2.05) is 0 Å². The molecule has 0 unspecified atom stereocenters. The zero-order valence-electron chi connectivity index (χ0n) is 6.47. The number of fused-ring (bicyclic) bond motifs is 1. The van der Waals surface area contributed by atoms with Gasteiger partial charge in [0.25, 0.3) is 5.24 Å². The molecule has 1 N–H and O–H groups in total. The van der Waals surface area contributed by atoms with Gasteiger partial charge in [-0.15, -0.1) is 0 Å². The molecule has 0 spiro atoms. The molecule has 0 atom stereocenters. The van der Waals surface area contributed by atoms with Crippen molar-refractivity contribution in [1.29, 1.82) is 0 Å². The van der Waals surface area contributed by atoms with E-state index in [0.29, 0.717) is 10.6 Å². The van der Waals surface area contributed by atoms with E-state index in [-0.39, 0.29) is 0 Å². The van der Waals surface area contributed by atoms with E-state index >= 15 is 0 Å². The van der Waals surface area contributed by atoms with Crippen LogP contribution in [0.4, 0.5) is 0 Å². The van der Waals surface area contributed by atoms with Crippen LogP contribution in [0.1, 0.15) is 10.4 Å². The number of benzene rings is 1. The van der Waals surface area contributed by atoms with Gasteiger partial charge in [0.1, 0.15) is 0 Å². The van der Waals surface area contributed by atoms with Crippen molar-refractivity contribution in [3.63, 3.8) is 0 Å². The molecule has 0 fully saturated rings. The molecule has 0 saturated carbocycles. The Balaban J connectivity index is 2.76. The number of hydrogen-bond acceptors (Lipinski definition) is 1. The lowest BCUT2D eigenvalue weighted by Gasteiger charge is -1.92. The van der Waals surface area contributed by atoms with Crippen LogP contribution in [-0.4, -0.2) is 10.2 Å². The van der Waals surface area contributed by atoms with Crippen molar-refractivity contribution in [2.24, 2.45) is 0 Å². The van der Waals surface area contributed by atoms with Crippen LogP contribution in [-0.2, 0) is 0 Å². The standard InChI is InChI=1S/C9H5Cl2NO/c10-5-1-2-6-7(9(11)13)4-12-8(6)3-5/h1-4,12H. The molecule has 0 aliphatic carbocycles. The van der Waals surface area contributed by atoms with E-state index in [0.717, 1.165) is 10.9 Å². The average Bonchev–Trinajstić information content (AvgIpc) is 2.46. The molecule has 2 aromatic rings. The fourth-order valence-electron chi connectivity index (χ4n) is 1.26. The van der Waals surface area contributed by atoms with Gasteiger partial charge in [0.15, 0.2) is 0 Å². The first kappa shape index (κ1) is 8.60. The Kier molecular flexibility index (Phi) is 2.02. The number of H-pyrrole nitrogens is 1. The normalized spacial score (nSPS) is 10.6. The Morgan fingerprint density at radius 2 is 2.15 bits per heavy atom. The maximum Gasteiger partial charge on any atom is 0.254 e. The number of rotatable bonds is 1. The van der Waals surface area contributed by atoms with Crippen molar-refractivity contribution in [3.05, 3.63) is 35.0 Å². The number of halogens is 2. The molecule has 13 heavy (non-hydrogen) atoms. The second kappa shape index (κ2) is 3.05. The quantitative estimate of drug-likeness (QED) is 0.726. The van der Waals surface area contributed by atoms with Gasteiger partial charge < -0.3 is 4.98 Å². The summed E-state index contributed by atoms with van der Waals surface area (Å²) in [5, 5.41) is 0.959. The summed E-state index contributed by atoms with van der Waals surface area (Å²) in [5.74, 6) is 0. The molecule has 0 radical (unpaired) electrons. The highest BCUT2D eigenvalue weighted by Gasteiger charge is 2.08. The van der Waals surface area contributed by atoms with E-state index < -0.39 is 5.24 Å². The molecule has 4 heteroatoms. The van der Waals surface area contributed by atoms with E-state index in [1.54, 1.807) is 24.4 Å². The molecule has 0 bridgehead atoms. The molecule has 0 aliphatic rings. The van der Waals surface area contributed by atoms with Crippen molar-refractivity contribution < 1.29 is 4.79 Å². The van der Waals surface area contributed by atoms with Crippen LogP contribution >= 0.6 is 23.2 Å². The van der Waals surface area contributed by atoms with Gasteiger partial charge in [-0.3, -0.25) is 4.79 Å². The van der Waals surface area contributed by atoms with Gasteiger partial charge in [0.2, 0.25) is 0 Å². The largest absolute Gasteiger partial charge is 0.360 e. The van der Waals surface area contributed by atoms with Crippen LogP contribution in [0.2, 0.25) is 5.02 Å². The zero-order valence-corrected chi connectivity index (χ0v) is 7.99. The van der Waals surface area contributed by atoms with Crippen molar-refractivity contribution >= 4 is 39.3 Å². The van der Waals surface area contributed by atoms with Crippen molar-refractivity contribution in [2.75, 3.05) is 0 Å². The van der Waals surface area contributed by atoms with Gasteiger partial charge in [-0.25, -0.2) is 0 Å². The highest BCUT2D eigenvalue weighted by atomic mass is 35.5. The second-order valence-corrected chi connectivity index (χ2v) is 3.45. The predicted octanol–water partition coefficient (Wildman–Crippen LogP) is 3.20. The third kappa shape index (κ3) is 1.43. The summed E-state index contributed by atoms with van der Waals surface area (Å²) in [5.41, 5.74) is 1.30. The summed E-state index contributed by atoms with van der Waals surface area (Å²) in [6, 6.07) is 5.24. The van der Waals surface area contributed by atoms with Crippen LogP contribution in [0.25, 0.3) is 10.9 Å². The van der Waals surface area contributed by atoms with Gasteiger partial charge in [-0.2, -0.15) is 0 Å². The van der Waals surface area contributed by atoms with E-state index in [1.165, 1.54) is 0 Å². The molecule has 1 aromatic heterocycles. The summed E-state index contributed by atoms with van der Waals surface area (Å²) in [7, 11) is 0. The smallest absolute Gasteiger partial charge is 0.254 e. The fourth-order valence-corrected chi connectivity index (χ4v) is 1.59. The summed E-state index contributed by atoms with van der Waals surface area (Å²) < 4.78 is 0. The molecule has 1 aromatic carbocycles. The fraction of sp³-hybridized carbons (Fsp3) is 0. The summed E-state index contributed by atoms with van der Waals surface area (Å²) in [6.07, 6.45) is 1.58. The highest BCUT2D eigenvalue weighted by Crippen LogP contribution is 2.22. The molecular weight excluding hydrogens is 209 g/mol. The monoisotopic (exact) mass is 213 g/mol. The Bertz CT molecular complexity index is 475. The third-order valence-corrected chi connectivity index (χ3v) is 2.29. The minimum absolute atomic E-state index is 0.464. The predicted molar refractivity (Wildman–Crippen MR) is 53.5 cm³/mol. The Morgan fingerprint density at radius 3 is 2.85 bits per heavy atom. The number of aromatic nitrogens is 1. The Hall–Kier alpha value is -0.990. The lowest BCUT2D eigenvalue weighted by atomic mass is 10.2. The molecule has 0 saturated heterocycles. The van der Waals surface area contributed by atoms with Gasteiger partial charge >= 0.3 is 0 Å². The first-order valence-corrected chi connectivity index (χ1v) is 4.40. The van der Waals surface area contributed by atoms with Gasteiger partial charge in [0, 0.05) is 22.1 Å². The van der Waals surface area contributed by atoms with Crippen LogP contribution in [0.5, 0.6) is 0 Å². The maximum atomic E-state index is 10.9. The van der Waals surface area contributed by atoms with Crippen LogP contribution in [0, 0.1) is 0 Å². The maximum absolute atomic E-state index is 10.9. The van der Waals surface area contributed by atoms with Crippen molar-refractivity contribution in [2.45, 2.75) is 0 Å². The lowest BCUT2D eigenvalue weighted by Crippen LogP contribution is -1.84. The van der Waals surface area contributed by atoms with Crippen LogP contribution < -0.4 is 0 Å². The molecule has 0 aliphatic heterocycles. The molecule has 66 valence electrons. The Morgan fingerprint density at radius 1 is 1.38 bits per heavy atom. The number of aromatic amines is 1. The third-order valence-electron chi connectivity index (χ3n) is 1.86. The van der Waals surface area contributed by atoms with Crippen LogP contribution in [0.15, 0.2) is 24.4 Å². The summed E-state index contributed by atoms with van der Waals surface area (Å²) >= 11 is 11.1. The number of hydrogen-bond donors (Lipinski definition) is 1.